The number of hydrogen-bond donors (Lipinski definition) is 4. The van der Waals surface area contributed by atoms with E-state index in [0.29, 0.717) is 29.4 Å². The fourth-order valence-corrected chi connectivity index (χ4v) is 3.10. The van der Waals surface area contributed by atoms with Gasteiger partial charge in [-0.05, 0) is 54.8 Å². The zero-order valence-corrected chi connectivity index (χ0v) is 16.5. The molecule has 2 amide bonds. The molecular formula is C21H22ClN5O. The number of rotatable bonds is 6. The number of amides is 2. The quantitative estimate of drug-likeness (QED) is 0.460. The largest absolute Gasteiger partial charge is 0.346 e. The van der Waals surface area contributed by atoms with Gasteiger partial charge < -0.3 is 21.0 Å². The Bertz CT molecular complexity index is 1040. The second kappa shape index (κ2) is 8.71. The van der Waals surface area contributed by atoms with E-state index in [1.54, 1.807) is 25.3 Å². The molecule has 1 aromatic carbocycles. The Labute approximate surface area is 168 Å². The van der Waals surface area contributed by atoms with Crippen LogP contribution in [0.4, 0.5) is 4.79 Å². The number of pyridine rings is 1. The molecule has 144 valence electrons. The number of carbonyl (C=O) groups is 1. The van der Waals surface area contributed by atoms with Crippen LogP contribution in [0.5, 0.6) is 0 Å². The highest BCUT2D eigenvalue weighted by molar-refractivity contribution is 6.30. The van der Waals surface area contributed by atoms with Crippen molar-refractivity contribution in [3.63, 3.8) is 0 Å². The molecule has 2 aromatic heterocycles. The lowest BCUT2D eigenvalue weighted by atomic mass is 10.00. The first kappa shape index (κ1) is 19.6. The van der Waals surface area contributed by atoms with E-state index in [9.17, 15) is 4.79 Å². The molecule has 0 unspecified atom stereocenters. The predicted molar refractivity (Wildman–Crippen MR) is 113 cm³/mol. The van der Waals surface area contributed by atoms with E-state index in [-0.39, 0.29) is 6.03 Å². The molecule has 0 bridgehead atoms. The average molecular weight is 396 g/mol. The number of nitrogens with one attached hydrogen (secondary N) is 4. The Morgan fingerprint density at radius 1 is 1.21 bits per heavy atom. The van der Waals surface area contributed by atoms with Crippen molar-refractivity contribution in [3.8, 4) is 0 Å². The molecule has 3 rings (SSSR count). The second-order valence-electron chi connectivity index (χ2n) is 6.55. The lowest BCUT2D eigenvalue weighted by Gasteiger charge is -2.13. The van der Waals surface area contributed by atoms with Gasteiger partial charge in [-0.15, -0.1) is 0 Å². The normalized spacial score (nSPS) is 11.8. The highest BCUT2D eigenvalue weighted by Crippen LogP contribution is 2.20. The van der Waals surface area contributed by atoms with Gasteiger partial charge in [0.15, 0.2) is 0 Å². The fraction of sp³-hybridized carbons (Fsp3) is 0.190. The average Bonchev–Trinajstić information content (AvgIpc) is 3.08. The molecule has 28 heavy (non-hydrogen) atoms. The van der Waals surface area contributed by atoms with Gasteiger partial charge in [0.2, 0.25) is 0 Å². The summed E-state index contributed by atoms with van der Waals surface area (Å²) in [5.74, 6) is 0. The first-order valence-corrected chi connectivity index (χ1v) is 9.27. The van der Waals surface area contributed by atoms with E-state index in [4.69, 9.17) is 17.0 Å². The summed E-state index contributed by atoms with van der Waals surface area (Å²) in [6, 6.07) is 10.9. The lowest BCUT2D eigenvalue weighted by molar-refractivity contribution is 0.243. The number of urea groups is 1. The molecule has 0 radical (unpaired) electrons. The van der Waals surface area contributed by atoms with Crippen molar-refractivity contribution in [2.24, 2.45) is 0 Å². The molecule has 0 spiro atoms. The van der Waals surface area contributed by atoms with Crippen LogP contribution in [0, 0.1) is 5.41 Å². The number of aromatic nitrogens is 2. The van der Waals surface area contributed by atoms with Crippen molar-refractivity contribution >= 4 is 34.4 Å². The van der Waals surface area contributed by atoms with Gasteiger partial charge in [-0.3, -0.25) is 0 Å². The first-order valence-electron chi connectivity index (χ1n) is 8.89. The van der Waals surface area contributed by atoms with Gasteiger partial charge in [0.1, 0.15) is 5.65 Å². The van der Waals surface area contributed by atoms with E-state index in [1.165, 1.54) is 0 Å². The van der Waals surface area contributed by atoms with Gasteiger partial charge in [0, 0.05) is 47.2 Å². The SMILES string of the molecule is CC(=N)/C(Cc1c[nH]c2ncccc12)=C(/C)NC(=O)NCc1ccc(Cl)cc1. The molecule has 0 fully saturated rings. The topological polar surface area (TPSA) is 93.7 Å². The van der Waals surface area contributed by atoms with E-state index >= 15 is 0 Å². The number of nitrogens with zero attached hydrogens (tertiary/aromatic N) is 1. The molecule has 0 saturated heterocycles. The van der Waals surface area contributed by atoms with E-state index in [0.717, 1.165) is 27.7 Å². The zero-order valence-electron chi connectivity index (χ0n) is 15.8. The minimum Gasteiger partial charge on any atom is -0.346 e. The van der Waals surface area contributed by atoms with E-state index in [1.807, 2.05) is 37.4 Å². The van der Waals surface area contributed by atoms with Crippen LogP contribution in [0.2, 0.25) is 5.02 Å². The number of carbonyl (C=O) groups excluding carboxylic acids is 1. The van der Waals surface area contributed by atoms with Gasteiger partial charge in [-0.2, -0.15) is 0 Å². The van der Waals surface area contributed by atoms with Gasteiger partial charge in [-0.1, -0.05) is 23.7 Å². The Morgan fingerprint density at radius 3 is 2.68 bits per heavy atom. The van der Waals surface area contributed by atoms with Crippen LogP contribution < -0.4 is 10.6 Å². The lowest BCUT2D eigenvalue weighted by Crippen LogP contribution is -2.34. The summed E-state index contributed by atoms with van der Waals surface area (Å²) in [6.45, 7) is 3.92. The summed E-state index contributed by atoms with van der Waals surface area (Å²) < 4.78 is 0. The third kappa shape index (κ3) is 4.78. The minimum atomic E-state index is -0.313. The van der Waals surface area contributed by atoms with Gasteiger partial charge in [-0.25, -0.2) is 9.78 Å². The van der Waals surface area contributed by atoms with Crippen molar-refractivity contribution < 1.29 is 4.79 Å². The van der Waals surface area contributed by atoms with Crippen LogP contribution in [-0.4, -0.2) is 21.7 Å². The molecule has 3 aromatic rings. The summed E-state index contributed by atoms with van der Waals surface area (Å²) in [7, 11) is 0. The standard InChI is InChI=1S/C21H22ClN5O/c1-13(23)19(10-16-12-25-20-18(16)4-3-9-24-20)14(2)27-21(28)26-11-15-5-7-17(22)8-6-15/h3-9,12,23H,10-11H2,1-2H3,(H,24,25)(H2,26,27,28)/b19-14-,23-13?. The smallest absolute Gasteiger partial charge is 0.319 e. The fourth-order valence-electron chi connectivity index (χ4n) is 2.97. The summed E-state index contributed by atoms with van der Waals surface area (Å²) in [4.78, 5) is 19.7. The monoisotopic (exact) mass is 395 g/mol. The van der Waals surface area contributed by atoms with Gasteiger partial charge >= 0.3 is 6.03 Å². The number of halogens is 1. The highest BCUT2D eigenvalue weighted by atomic mass is 35.5. The maximum absolute atomic E-state index is 12.3. The van der Waals surface area contributed by atoms with Gasteiger partial charge in [0.05, 0.1) is 0 Å². The Balaban J connectivity index is 1.69. The molecule has 2 heterocycles. The molecule has 0 atom stereocenters. The van der Waals surface area contributed by atoms with Crippen LogP contribution in [0.3, 0.4) is 0 Å². The number of allylic oxidation sites excluding steroid dienone is 2. The summed E-state index contributed by atoms with van der Waals surface area (Å²) in [5.41, 5.74) is 4.63. The van der Waals surface area contributed by atoms with Crippen LogP contribution in [0.25, 0.3) is 11.0 Å². The third-order valence-electron chi connectivity index (χ3n) is 4.48. The van der Waals surface area contributed by atoms with Crippen LogP contribution >= 0.6 is 11.6 Å². The molecule has 7 heteroatoms. The van der Waals surface area contributed by atoms with E-state index < -0.39 is 0 Å². The van der Waals surface area contributed by atoms with Crippen LogP contribution in [0.15, 0.2) is 60.1 Å². The second-order valence-corrected chi connectivity index (χ2v) is 6.99. The molecule has 4 N–H and O–H groups in total. The maximum Gasteiger partial charge on any atom is 0.319 e. The Hall–Kier alpha value is -3.12. The molecule has 0 aliphatic rings. The summed E-state index contributed by atoms with van der Waals surface area (Å²) in [5, 5.41) is 15.5. The van der Waals surface area contributed by atoms with Crippen LogP contribution in [0.1, 0.15) is 25.0 Å². The Morgan fingerprint density at radius 2 is 1.96 bits per heavy atom. The zero-order chi connectivity index (χ0) is 20.1. The third-order valence-corrected chi connectivity index (χ3v) is 4.73. The molecule has 0 aliphatic carbocycles. The molecule has 0 saturated carbocycles. The number of hydrogen-bond acceptors (Lipinski definition) is 3. The maximum atomic E-state index is 12.3. The molecule has 0 aliphatic heterocycles. The van der Waals surface area contributed by atoms with Crippen molar-refractivity contribution in [2.75, 3.05) is 0 Å². The van der Waals surface area contributed by atoms with E-state index in [2.05, 4.69) is 20.6 Å². The molecule has 6 nitrogen and oxygen atoms in total. The number of fused-ring (bicyclic) bond motifs is 1. The number of benzene rings is 1. The summed E-state index contributed by atoms with van der Waals surface area (Å²) in [6.07, 6.45) is 4.16. The van der Waals surface area contributed by atoms with Crippen molar-refractivity contribution in [1.82, 2.24) is 20.6 Å². The molecular weight excluding hydrogens is 374 g/mol. The number of H-pyrrole nitrogens is 1. The van der Waals surface area contributed by atoms with Crippen molar-refractivity contribution in [2.45, 2.75) is 26.8 Å². The van der Waals surface area contributed by atoms with Crippen molar-refractivity contribution in [3.05, 3.63) is 76.2 Å². The van der Waals surface area contributed by atoms with Gasteiger partial charge in [0.25, 0.3) is 0 Å². The van der Waals surface area contributed by atoms with Crippen LogP contribution in [-0.2, 0) is 13.0 Å². The highest BCUT2D eigenvalue weighted by Gasteiger charge is 2.13. The van der Waals surface area contributed by atoms with Crippen molar-refractivity contribution in [1.29, 1.82) is 5.41 Å². The Kier molecular flexibility index (Phi) is 6.11. The first-order chi connectivity index (χ1) is 13.4. The summed E-state index contributed by atoms with van der Waals surface area (Å²) >= 11 is 5.87. The predicted octanol–water partition coefficient (Wildman–Crippen LogP) is 4.57. The minimum absolute atomic E-state index is 0.313. The number of aromatic amines is 1.